The van der Waals surface area contributed by atoms with Gasteiger partial charge < -0.3 is 0 Å². The summed E-state index contributed by atoms with van der Waals surface area (Å²) < 4.78 is 3.17. The highest BCUT2D eigenvalue weighted by Crippen LogP contribution is 2.10. The molecule has 1 aromatic heterocycles. The second kappa shape index (κ2) is 2.86. The number of aromatic nitrogens is 2. The maximum Gasteiger partial charge on any atom is 0.266 e. The normalized spacial score (nSPS) is 12.5. The van der Waals surface area contributed by atoms with Crippen LogP contribution in [-0.4, -0.2) is 9.36 Å². The van der Waals surface area contributed by atoms with Crippen LogP contribution in [-0.2, 0) is 14.1 Å². The number of rotatable bonds is 1. The Bertz CT molecular complexity index is 380. The minimum atomic E-state index is -0.233. The molecule has 0 spiro atoms. The minimum Gasteiger partial charge on any atom is -0.289 e. The van der Waals surface area contributed by atoms with Crippen molar-refractivity contribution in [3.63, 3.8) is 0 Å². The summed E-state index contributed by atoms with van der Waals surface area (Å²) >= 11 is 0. The molecule has 1 rings (SSSR count). The summed E-state index contributed by atoms with van der Waals surface area (Å²) in [4.78, 5) is 11.1. The Balaban J connectivity index is 3.29. The van der Waals surface area contributed by atoms with Gasteiger partial charge in [0.15, 0.2) is 0 Å². The first-order valence-corrected chi connectivity index (χ1v) is 3.70. The third kappa shape index (κ3) is 1.14. The first kappa shape index (κ1) is 8.60. The fraction of sp³-hybridized carbons (Fsp3) is 0.500. The zero-order chi connectivity index (χ0) is 9.30. The van der Waals surface area contributed by atoms with Gasteiger partial charge in [-0.3, -0.25) is 14.2 Å². The second-order valence-corrected chi connectivity index (χ2v) is 2.81. The molecule has 0 radical (unpaired) electrons. The Morgan fingerprint density at radius 2 is 2.08 bits per heavy atom. The van der Waals surface area contributed by atoms with E-state index in [2.05, 4.69) is 6.07 Å². The van der Waals surface area contributed by atoms with Crippen molar-refractivity contribution in [2.45, 2.75) is 12.8 Å². The Morgan fingerprint density at radius 1 is 1.50 bits per heavy atom. The van der Waals surface area contributed by atoms with Gasteiger partial charge in [-0.1, -0.05) is 0 Å². The van der Waals surface area contributed by atoms with Crippen LogP contribution < -0.4 is 5.56 Å². The van der Waals surface area contributed by atoms with Crippen molar-refractivity contribution in [2.75, 3.05) is 0 Å². The Hall–Kier alpha value is -1.50. The second-order valence-electron chi connectivity index (χ2n) is 2.81. The van der Waals surface area contributed by atoms with E-state index in [1.54, 1.807) is 25.7 Å². The zero-order valence-corrected chi connectivity index (χ0v) is 7.40. The van der Waals surface area contributed by atoms with Gasteiger partial charge in [-0.15, -0.1) is 0 Å². The third-order valence-electron chi connectivity index (χ3n) is 2.05. The van der Waals surface area contributed by atoms with Crippen molar-refractivity contribution < 1.29 is 0 Å². The Labute approximate surface area is 70.6 Å². The topological polar surface area (TPSA) is 50.7 Å². The molecule has 0 saturated heterocycles. The summed E-state index contributed by atoms with van der Waals surface area (Å²) in [5.41, 5.74) is 0.680. The van der Waals surface area contributed by atoms with E-state index >= 15 is 0 Å². The van der Waals surface area contributed by atoms with Crippen LogP contribution in [0.4, 0.5) is 0 Å². The molecule has 0 fully saturated rings. The van der Waals surface area contributed by atoms with Crippen LogP contribution in [0.25, 0.3) is 0 Å². The van der Waals surface area contributed by atoms with Gasteiger partial charge in [0.25, 0.3) is 5.56 Å². The maximum atomic E-state index is 11.1. The summed E-state index contributed by atoms with van der Waals surface area (Å²) in [6, 6.07) is 3.58. The maximum absolute atomic E-state index is 11.1. The van der Waals surface area contributed by atoms with Gasteiger partial charge in [0, 0.05) is 20.2 Å². The molecule has 4 heteroatoms. The fourth-order valence-corrected chi connectivity index (χ4v) is 1.11. The van der Waals surface area contributed by atoms with Crippen LogP contribution >= 0.6 is 0 Å². The van der Waals surface area contributed by atoms with Crippen LogP contribution in [0.15, 0.2) is 10.9 Å². The first-order chi connectivity index (χ1) is 5.57. The molecule has 1 aromatic rings. The van der Waals surface area contributed by atoms with Crippen LogP contribution in [0.1, 0.15) is 18.5 Å². The third-order valence-corrected chi connectivity index (χ3v) is 2.05. The first-order valence-electron chi connectivity index (χ1n) is 3.70. The van der Waals surface area contributed by atoms with Gasteiger partial charge in [0.05, 0.1) is 17.7 Å². The standard InChI is InChI=1S/C8H11N3O/c1-6(5-9)7-4-8(12)11(3)10(7)2/h4,6H,1-3H3. The number of nitriles is 1. The lowest BCUT2D eigenvalue weighted by Gasteiger charge is -2.05. The molecular formula is C8H11N3O. The SMILES string of the molecule is CC(C#N)c1cc(=O)n(C)n1C. The molecule has 0 bridgehead atoms. The van der Waals surface area contributed by atoms with E-state index in [-0.39, 0.29) is 11.5 Å². The van der Waals surface area contributed by atoms with E-state index in [1.807, 2.05) is 0 Å². The molecule has 0 aromatic carbocycles. The summed E-state index contributed by atoms with van der Waals surface area (Å²) in [5, 5.41) is 8.64. The average molecular weight is 165 g/mol. The van der Waals surface area contributed by atoms with Crippen LogP contribution in [0.5, 0.6) is 0 Å². The van der Waals surface area contributed by atoms with Crippen molar-refractivity contribution in [3.05, 3.63) is 22.1 Å². The Morgan fingerprint density at radius 3 is 2.42 bits per heavy atom. The van der Waals surface area contributed by atoms with Crippen LogP contribution in [0.2, 0.25) is 0 Å². The zero-order valence-electron chi connectivity index (χ0n) is 7.40. The molecule has 64 valence electrons. The molecule has 0 aliphatic heterocycles. The minimum absolute atomic E-state index is 0.0744. The summed E-state index contributed by atoms with van der Waals surface area (Å²) in [5.74, 6) is -0.233. The highest BCUT2D eigenvalue weighted by Gasteiger charge is 2.10. The van der Waals surface area contributed by atoms with Gasteiger partial charge in [0.1, 0.15) is 0 Å². The monoisotopic (exact) mass is 165 g/mol. The molecule has 12 heavy (non-hydrogen) atoms. The summed E-state index contributed by atoms with van der Waals surface area (Å²) in [6.07, 6.45) is 0. The van der Waals surface area contributed by atoms with Crippen molar-refractivity contribution in [1.82, 2.24) is 9.36 Å². The molecule has 1 heterocycles. The van der Waals surface area contributed by atoms with Gasteiger partial charge in [-0.25, -0.2) is 0 Å². The van der Waals surface area contributed by atoms with Gasteiger partial charge >= 0.3 is 0 Å². The predicted molar refractivity (Wildman–Crippen MR) is 44.7 cm³/mol. The van der Waals surface area contributed by atoms with Crippen molar-refractivity contribution in [2.24, 2.45) is 14.1 Å². The number of hydrogen-bond acceptors (Lipinski definition) is 2. The Kier molecular flexibility index (Phi) is 2.05. The molecule has 4 nitrogen and oxygen atoms in total. The van der Waals surface area contributed by atoms with E-state index < -0.39 is 0 Å². The molecule has 0 saturated carbocycles. The molecule has 0 aliphatic rings. The molecule has 1 unspecified atom stereocenters. The van der Waals surface area contributed by atoms with Crippen molar-refractivity contribution in [3.8, 4) is 6.07 Å². The highest BCUT2D eigenvalue weighted by molar-refractivity contribution is 5.14. The molecule has 1 atom stereocenters. The van der Waals surface area contributed by atoms with E-state index in [0.717, 1.165) is 5.69 Å². The van der Waals surface area contributed by atoms with Crippen LogP contribution in [0, 0.1) is 11.3 Å². The van der Waals surface area contributed by atoms with Gasteiger partial charge in [-0.2, -0.15) is 5.26 Å². The van der Waals surface area contributed by atoms with Gasteiger partial charge in [0.2, 0.25) is 0 Å². The summed E-state index contributed by atoms with van der Waals surface area (Å²) in [7, 11) is 3.44. The van der Waals surface area contributed by atoms with Crippen molar-refractivity contribution in [1.29, 1.82) is 5.26 Å². The average Bonchev–Trinajstić information content (AvgIpc) is 2.32. The lowest BCUT2D eigenvalue weighted by atomic mass is 10.1. The molecular weight excluding hydrogens is 154 g/mol. The molecule has 0 amide bonds. The quantitative estimate of drug-likeness (QED) is 0.603. The lowest BCUT2D eigenvalue weighted by molar-refractivity contribution is 0.552. The summed E-state index contributed by atoms with van der Waals surface area (Å²) in [6.45, 7) is 1.77. The fourth-order valence-electron chi connectivity index (χ4n) is 1.11. The molecule has 0 aliphatic carbocycles. The van der Waals surface area contributed by atoms with E-state index in [0.29, 0.717) is 0 Å². The predicted octanol–water partition coefficient (Wildman–Crippen LogP) is 0.351. The van der Waals surface area contributed by atoms with E-state index in [1.165, 1.54) is 10.7 Å². The highest BCUT2D eigenvalue weighted by atomic mass is 16.1. The molecule has 0 N–H and O–H groups in total. The lowest BCUT2D eigenvalue weighted by Crippen LogP contribution is -2.17. The van der Waals surface area contributed by atoms with E-state index in [9.17, 15) is 4.79 Å². The van der Waals surface area contributed by atoms with E-state index in [4.69, 9.17) is 5.26 Å². The largest absolute Gasteiger partial charge is 0.289 e. The van der Waals surface area contributed by atoms with Crippen molar-refractivity contribution >= 4 is 0 Å². The number of hydrogen-bond donors (Lipinski definition) is 0. The smallest absolute Gasteiger partial charge is 0.266 e. The number of nitrogens with zero attached hydrogens (tertiary/aromatic N) is 3. The van der Waals surface area contributed by atoms with Gasteiger partial charge in [-0.05, 0) is 6.92 Å². The van der Waals surface area contributed by atoms with Crippen LogP contribution in [0.3, 0.4) is 0 Å².